The molecule has 0 bridgehead atoms. The quantitative estimate of drug-likeness (QED) is 0.696. The van der Waals surface area contributed by atoms with Gasteiger partial charge in [0.1, 0.15) is 0 Å². The summed E-state index contributed by atoms with van der Waals surface area (Å²) in [5, 5.41) is 0. The average Bonchev–Trinajstić information content (AvgIpc) is 2.90. The summed E-state index contributed by atoms with van der Waals surface area (Å²) in [6, 6.07) is 0. The van der Waals surface area contributed by atoms with Gasteiger partial charge in [0.15, 0.2) is 0 Å². The monoisotopic (exact) mass is 288 g/mol. The second-order valence-electron chi connectivity index (χ2n) is 3.36. The Morgan fingerprint density at radius 1 is 0.800 bits per heavy atom. The Kier molecular flexibility index (Phi) is 11.6. The van der Waals surface area contributed by atoms with Crippen molar-refractivity contribution in [3.8, 4) is 0 Å². The second kappa shape index (κ2) is 11.1. The van der Waals surface area contributed by atoms with Crippen LogP contribution in [0.3, 0.4) is 0 Å². The van der Waals surface area contributed by atoms with Gasteiger partial charge in [0, 0.05) is 0 Å². The van der Waals surface area contributed by atoms with Gasteiger partial charge in [-0.15, -0.1) is 0 Å². The van der Waals surface area contributed by atoms with Gasteiger partial charge in [-0.3, -0.25) is 0 Å². The second-order valence-corrected chi connectivity index (χ2v) is 3.36. The van der Waals surface area contributed by atoms with Crippen LogP contribution in [0.1, 0.15) is 26.2 Å². The van der Waals surface area contributed by atoms with E-state index in [1.165, 1.54) is 25.2 Å². The standard InChI is InChI=1S/C9H13.C5H5.Ru/c1-2-3-6-9-7-4-5-8-9;1-2-4-5-3-1;/h4-5,7-8H,2-3,6H2,1H3;1-5H;/q;;+2. The zero-order chi connectivity index (χ0) is 10.1. The molecule has 0 aromatic heterocycles. The molecule has 2 rings (SSSR count). The van der Waals surface area contributed by atoms with E-state index in [1.807, 2.05) is 32.1 Å². The minimum Gasteiger partial charge on any atom is -0.0654 e. The maximum Gasteiger partial charge on any atom is 2.00 e. The van der Waals surface area contributed by atoms with E-state index in [0.29, 0.717) is 0 Å². The van der Waals surface area contributed by atoms with Crippen molar-refractivity contribution in [1.82, 2.24) is 0 Å². The molecule has 0 saturated heterocycles. The molecule has 0 unspecified atom stereocenters. The largest absolute Gasteiger partial charge is 2.00 e. The molecule has 0 aromatic rings. The van der Waals surface area contributed by atoms with Gasteiger partial charge in [-0.1, -0.05) is 19.8 Å². The summed E-state index contributed by atoms with van der Waals surface area (Å²) in [6.45, 7) is 2.23. The summed E-state index contributed by atoms with van der Waals surface area (Å²) in [6.07, 6.45) is 22.5. The molecule has 0 aliphatic heterocycles. The van der Waals surface area contributed by atoms with Crippen molar-refractivity contribution in [1.29, 1.82) is 0 Å². The van der Waals surface area contributed by atoms with Crippen molar-refractivity contribution in [3.05, 3.63) is 63.7 Å². The molecule has 0 spiro atoms. The molecule has 10 radical (unpaired) electrons. The zero-order valence-electron chi connectivity index (χ0n) is 9.17. The molecule has 0 atom stereocenters. The van der Waals surface area contributed by atoms with E-state index < -0.39 is 0 Å². The SMILES string of the molecule is CCCC[C]1[CH][CH][CH][CH]1.[CH]1[CH][CH][CH][CH]1.[Ru+2]. The summed E-state index contributed by atoms with van der Waals surface area (Å²) in [7, 11) is 0. The number of unbranched alkanes of at least 4 members (excludes halogenated alkanes) is 1. The topological polar surface area (TPSA) is 0 Å². The average molecular weight is 287 g/mol. The molecular weight excluding hydrogens is 269 g/mol. The first-order valence-electron chi connectivity index (χ1n) is 5.30. The molecule has 2 aliphatic rings. The van der Waals surface area contributed by atoms with Crippen LogP contribution in [0.4, 0.5) is 0 Å². The fourth-order valence-electron chi connectivity index (χ4n) is 1.28. The van der Waals surface area contributed by atoms with Crippen LogP contribution in [0.25, 0.3) is 0 Å². The molecule has 0 N–H and O–H groups in total. The normalized spacial score (nSPS) is 20.6. The Labute approximate surface area is 109 Å². The van der Waals surface area contributed by atoms with Crippen LogP contribution in [0.5, 0.6) is 0 Å². The predicted octanol–water partition coefficient (Wildman–Crippen LogP) is 3.60. The Bertz CT molecular complexity index is 105. The van der Waals surface area contributed by atoms with Gasteiger partial charge in [-0.2, -0.15) is 0 Å². The number of rotatable bonds is 3. The minimum absolute atomic E-state index is 0. The fraction of sp³-hybridized carbons (Fsp3) is 0.286. The summed E-state index contributed by atoms with van der Waals surface area (Å²) >= 11 is 0. The molecule has 80 valence electrons. The molecular formula is C14H18Ru+2. The van der Waals surface area contributed by atoms with Crippen LogP contribution in [0, 0.1) is 63.7 Å². The van der Waals surface area contributed by atoms with Gasteiger partial charge in [-0.05, 0) is 70.1 Å². The molecule has 2 fully saturated rings. The van der Waals surface area contributed by atoms with Crippen LogP contribution >= 0.6 is 0 Å². The van der Waals surface area contributed by atoms with Gasteiger partial charge in [-0.25, -0.2) is 0 Å². The van der Waals surface area contributed by atoms with E-state index in [-0.39, 0.29) is 19.5 Å². The third-order valence-corrected chi connectivity index (χ3v) is 2.11. The summed E-state index contributed by atoms with van der Waals surface area (Å²) < 4.78 is 0. The van der Waals surface area contributed by atoms with Gasteiger partial charge in [0.05, 0.1) is 0 Å². The van der Waals surface area contributed by atoms with Crippen molar-refractivity contribution in [2.45, 2.75) is 26.2 Å². The molecule has 15 heavy (non-hydrogen) atoms. The Balaban J connectivity index is 0.000000280. The van der Waals surface area contributed by atoms with E-state index in [9.17, 15) is 0 Å². The first-order valence-corrected chi connectivity index (χ1v) is 5.30. The Morgan fingerprint density at radius 2 is 1.27 bits per heavy atom. The predicted molar refractivity (Wildman–Crippen MR) is 61.5 cm³/mol. The Hall–Kier alpha value is 0.623. The van der Waals surface area contributed by atoms with Gasteiger partial charge < -0.3 is 0 Å². The third-order valence-electron chi connectivity index (χ3n) is 2.11. The summed E-state index contributed by atoms with van der Waals surface area (Å²) in [4.78, 5) is 0. The first-order chi connectivity index (χ1) is 6.93. The molecule has 0 heterocycles. The van der Waals surface area contributed by atoms with E-state index >= 15 is 0 Å². The van der Waals surface area contributed by atoms with E-state index in [2.05, 4.69) is 32.6 Å². The van der Waals surface area contributed by atoms with Gasteiger partial charge in [0.2, 0.25) is 0 Å². The smallest absolute Gasteiger partial charge is 0.0654 e. The number of hydrogen-bond acceptors (Lipinski definition) is 0. The summed E-state index contributed by atoms with van der Waals surface area (Å²) in [5.74, 6) is 1.48. The molecule has 0 amide bonds. The van der Waals surface area contributed by atoms with E-state index in [1.54, 1.807) is 0 Å². The van der Waals surface area contributed by atoms with E-state index in [0.717, 1.165) is 0 Å². The maximum atomic E-state index is 2.23. The molecule has 2 saturated carbocycles. The summed E-state index contributed by atoms with van der Waals surface area (Å²) in [5.41, 5.74) is 0. The van der Waals surface area contributed by atoms with Crippen LogP contribution < -0.4 is 0 Å². The zero-order valence-corrected chi connectivity index (χ0v) is 10.9. The number of hydrogen-bond donors (Lipinski definition) is 0. The van der Waals surface area contributed by atoms with Crippen LogP contribution in [0.2, 0.25) is 0 Å². The fourth-order valence-corrected chi connectivity index (χ4v) is 1.28. The molecule has 0 aromatic carbocycles. The molecule has 2 aliphatic carbocycles. The first kappa shape index (κ1) is 15.6. The van der Waals surface area contributed by atoms with Crippen molar-refractivity contribution < 1.29 is 19.5 Å². The molecule has 0 nitrogen and oxygen atoms in total. The van der Waals surface area contributed by atoms with Crippen LogP contribution in [-0.2, 0) is 19.5 Å². The van der Waals surface area contributed by atoms with Crippen molar-refractivity contribution in [2.24, 2.45) is 0 Å². The van der Waals surface area contributed by atoms with Crippen molar-refractivity contribution >= 4 is 0 Å². The Morgan fingerprint density at radius 3 is 1.67 bits per heavy atom. The minimum atomic E-state index is 0. The third kappa shape index (κ3) is 8.43. The van der Waals surface area contributed by atoms with Crippen LogP contribution in [-0.4, -0.2) is 0 Å². The molecule has 1 heteroatoms. The van der Waals surface area contributed by atoms with Crippen molar-refractivity contribution in [2.75, 3.05) is 0 Å². The van der Waals surface area contributed by atoms with Crippen LogP contribution in [0.15, 0.2) is 0 Å². The van der Waals surface area contributed by atoms with Gasteiger partial charge in [0.25, 0.3) is 0 Å². The maximum absolute atomic E-state index is 2.23. The van der Waals surface area contributed by atoms with Crippen molar-refractivity contribution in [3.63, 3.8) is 0 Å². The van der Waals surface area contributed by atoms with Gasteiger partial charge >= 0.3 is 19.5 Å². The van der Waals surface area contributed by atoms with E-state index in [4.69, 9.17) is 0 Å².